The van der Waals surface area contributed by atoms with Crippen LogP contribution < -0.4 is 4.74 Å². The average Bonchev–Trinajstić information content (AvgIpc) is 3.13. The molecule has 2 atom stereocenters. The van der Waals surface area contributed by atoms with Crippen LogP contribution in [0.2, 0.25) is 0 Å². The Kier molecular flexibility index (Phi) is 4.83. The Hall–Kier alpha value is -3.42. The average molecular weight is 356 g/mol. The molecule has 0 unspecified atom stereocenters. The van der Waals surface area contributed by atoms with E-state index < -0.39 is 23.0 Å². The molecule has 0 saturated carbocycles. The molecule has 1 aliphatic heterocycles. The summed E-state index contributed by atoms with van der Waals surface area (Å²) in [5.74, 6) is 0.437. The Bertz CT molecular complexity index is 845. The van der Waals surface area contributed by atoms with Gasteiger partial charge in [-0.3, -0.25) is 10.1 Å². The number of carbonyl (C=O) groups is 1. The number of nitro benzene ring substituents is 1. The minimum atomic E-state index is -0.890. The lowest BCUT2D eigenvalue weighted by molar-refractivity contribution is -0.384. The van der Waals surface area contributed by atoms with Crippen LogP contribution in [0.4, 0.5) is 5.69 Å². The zero-order valence-corrected chi connectivity index (χ0v) is 14.1. The monoisotopic (exact) mass is 356 g/mol. The number of ether oxygens (including phenoxy) is 3. The van der Waals surface area contributed by atoms with Crippen molar-refractivity contribution in [3.05, 3.63) is 69.8 Å². The number of nitrogens with zero attached hydrogens (tertiary/aromatic N) is 2. The highest BCUT2D eigenvalue weighted by atomic mass is 16.6. The van der Waals surface area contributed by atoms with E-state index in [2.05, 4.69) is 4.99 Å². The SMILES string of the molecule is COC(=O)[C@H]1N=C(c2ccc(OC)cc2)O[C@H]1c1ccc([N+](=O)[O-])cc1. The van der Waals surface area contributed by atoms with Crippen LogP contribution in [0.25, 0.3) is 0 Å². The summed E-state index contributed by atoms with van der Waals surface area (Å²) in [7, 11) is 2.84. The van der Waals surface area contributed by atoms with Gasteiger partial charge in [-0.05, 0) is 42.0 Å². The van der Waals surface area contributed by atoms with Crippen molar-refractivity contribution in [1.82, 2.24) is 0 Å². The summed E-state index contributed by atoms with van der Waals surface area (Å²) in [5, 5.41) is 10.8. The molecule has 134 valence electrons. The molecule has 2 aromatic rings. The smallest absolute Gasteiger partial charge is 0.335 e. The minimum Gasteiger partial charge on any atom is -0.497 e. The number of nitro groups is 1. The van der Waals surface area contributed by atoms with Gasteiger partial charge >= 0.3 is 5.97 Å². The van der Waals surface area contributed by atoms with E-state index in [0.29, 0.717) is 22.8 Å². The first-order valence-electron chi connectivity index (χ1n) is 7.74. The van der Waals surface area contributed by atoms with E-state index in [1.165, 1.54) is 19.2 Å². The second kappa shape index (κ2) is 7.22. The molecule has 0 radical (unpaired) electrons. The second-order valence-corrected chi connectivity index (χ2v) is 5.52. The molecular formula is C18H16N2O6. The quantitative estimate of drug-likeness (QED) is 0.464. The van der Waals surface area contributed by atoms with E-state index >= 15 is 0 Å². The molecule has 26 heavy (non-hydrogen) atoms. The topological polar surface area (TPSA) is 100 Å². The number of benzene rings is 2. The van der Waals surface area contributed by atoms with E-state index in [9.17, 15) is 14.9 Å². The Morgan fingerprint density at radius 2 is 1.77 bits per heavy atom. The highest BCUT2D eigenvalue weighted by Crippen LogP contribution is 2.33. The second-order valence-electron chi connectivity index (χ2n) is 5.52. The van der Waals surface area contributed by atoms with Crippen LogP contribution in [0.3, 0.4) is 0 Å². The van der Waals surface area contributed by atoms with Crippen molar-refractivity contribution in [3.8, 4) is 5.75 Å². The van der Waals surface area contributed by atoms with Crippen molar-refractivity contribution >= 4 is 17.6 Å². The first-order chi connectivity index (χ1) is 12.5. The largest absolute Gasteiger partial charge is 0.497 e. The fourth-order valence-corrected chi connectivity index (χ4v) is 2.62. The summed E-state index contributed by atoms with van der Waals surface area (Å²) in [4.78, 5) is 26.8. The molecule has 0 amide bonds. The van der Waals surface area contributed by atoms with Crippen LogP contribution in [0.5, 0.6) is 5.75 Å². The first-order valence-corrected chi connectivity index (χ1v) is 7.74. The number of rotatable bonds is 5. The van der Waals surface area contributed by atoms with Gasteiger partial charge in [0.1, 0.15) is 5.75 Å². The molecule has 1 aliphatic rings. The van der Waals surface area contributed by atoms with Gasteiger partial charge in [0.25, 0.3) is 5.69 Å². The molecule has 2 aromatic carbocycles. The van der Waals surface area contributed by atoms with Gasteiger partial charge in [-0.15, -0.1) is 0 Å². The molecule has 0 aliphatic carbocycles. The Labute approximate surface area is 149 Å². The van der Waals surface area contributed by atoms with Crippen molar-refractivity contribution in [2.45, 2.75) is 12.1 Å². The third-order valence-electron chi connectivity index (χ3n) is 3.99. The first kappa shape index (κ1) is 17.4. The van der Waals surface area contributed by atoms with E-state index in [1.807, 2.05) is 0 Å². The van der Waals surface area contributed by atoms with Gasteiger partial charge in [0.05, 0.1) is 19.1 Å². The molecule has 3 rings (SSSR count). The third kappa shape index (κ3) is 3.34. The number of methoxy groups -OCH3 is 2. The molecule has 0 spiro atoms. The minimum absolute atomic E-state index is 0.0438. The lowest BCUT2D eigenvalue weighted by Crippen LogP contribution is -2.25. The molecule has 8 nitrogen and oxygen atoms in total. The van der Waals surface area contributed by atoms with Gasteiger partial charge in [0.2, 0.25) is 5.90 Å². The fraction of sp³-hybridized carbons (Fsp3) is 0.222. The number of hydrogen-bond donors (Lipinski definition) is 0. The summed E-state index contributed by atoms with van der Waals surface area (Å²) >= 11 is 0. The number of carbonyl (C=O) groups excluding carboxylic acids is 1. The molecule has 0 saturated heterocycles. The highest BCUT2D eigenvalue weighted by Gasteiger charge is 2.39. The summed E-state index contributed by atoms with van der Waals surface area (Å²) in [5.41, 5.74) is 1.24. The van der Waals surface area contributed by atoms with E-state index in [0.717, 1.165) is 0 Å². The predicted octanol–water partition coefficient (Wildman–Crippen LogP) is 2.66. The Balaban J connectivity index is 1.90. The van der Waals surface area contributed by atoms with E-state index in [1.54, 1.807) is 43.5 Å². The lowest BCUT2D eigenvalue weighted by Gasteiger charge is -2.16. The molecule has 0 aromatic heterocycles. The molecule has 0 bridgehead atoms. The van der Waals surface area contributed by atoms with Crippen LogP contribution in [-0.4, -0.2) is 37.1 Å². The molecule has 8 heteroatoms. The zero-order valence-electron chi connectivity index (χ0n) is 14.1. The van der Waals surface area contributed by atoms with Gasteiger partial charge in [-0.2, -0.15) is 0 Å². The fourth-order valence-electron chi connectivity index (χ4n) is 2.62. The number of hydrogen-bond acceptors (Lipinski definition) is 7. The van der Waals surface area contributed by atoms with Crippen molar-refractivity contribution < 1.29 is 23.9 Å². The van der Waals surface area contributed by atoms with Crippen LogP contribution in [0, 0.1) is 10.1 Å². The normalized spacial score (nSPS) is 18.6. The summed E-state index contributed by atoms with van der Waals surface area (Å²) in [6.07, 6.45) is -0.722. The van der Waals surface area contributed by atoms with Crippen molar-refractivity contribution in [2.75, 3.05) is 14.2 Å². The maximum Gasteiger partial charge on any atom is 0.335 e. The predicted molar refractivity (Wildman–Crippen MR) is 92.3 cm³/mol. The maximum absolute atomic E-state index is 12.1. The molecule has 0 N–H and O–H groups in total. The van der Waals surface area contributed by atoms with Crippen LogP contribution >= 0.6 is 0 Å². The van der Waals surface area contributed by atoms with Gasteiger partial charge in [-0.25, -0.2) is 9.79 Å². The lowest BCUT2D eigenvalue weighted by atomic mass is 10.0. The summed E-state index contributed by atoms with van der Waals surface area (Å²) < 4.78 is 15.8. The highest BCUT2D eigenvalue weighted by molar-refractivity contribution is 5.98. The molecular weight excluding hydrogens is 340 g/mol. The zero-order chi connectivity index (χ0) is 18.7. The van der Waals surface area contributed by atoms with Crippen molar-refractivity contribution in [3.63, 3.8) is 0 Å². The standard InChI is InChI=1S/C18H16N2O6/c1-24-14-9-5-12(6-10-14)17-19-15(18(21)25-2)16(26-17)11-3-7-13(8-4-11)20(22)23/h3-10,15-16H,1-2H3/t15-,16-/m0/s1. The van der Waals surface area contributed by atoms with Crippen LogP contribution in [-0.2, 0) is 14.3 Å². The van der Waals surface area contributed by atoms with Gasteiger partial charge in [-0.1, -0.05) is 0 Å². The number of non-ortho nitro benzene ring substituents is 1. The van der Waals surface area contributed by atoms with Crippen LogP contribution in [0.15, 0.2) is 53.5 Å². The third-order valence-corrected chi connectivity index (χ3v) is 3.99. The number of esters is 1. The summed E-state index contributed by atoms with van der Waals surface area (Å²) in [6, 6.07) is 12.0. The van der Waals surface area contributed by atoms with Crippen molar-refractivity contribution in [2.24, 2.45) is 4.99 Å². The van der Waals surface area contributed by atoms with Gasteiger partial charge < -0.3 is 14.2 Å². The summed E-state index contributed by atoms with van der Waals surface area (Å²) in [6.45, 7) is 0. The molecule has 1 heterocycles. The molecule has 0 fully saturated rings. The van der Waals surface area contributed by atoms with E-state index in [-0.39, 0.29) is 5.69 Å². The van der Waals surface area contributed by atoms with Crippen molar-refractivity contribution in [1.29, 1.82) is 0 Å². The Morgan fingerprint density at radius 1 is 1.12 bits per heavy atom. The Morgan fingerprint density at radius 3 is 2.31 bits per heavy atom. The number of aliphatic imine (C=N–C) groups is 1. The van der Waals surface area contributed by atoms with E-state index in [4.69, 9.17) is 14.2 Å². The maximum atomic E-state index is 12.1. The van der Waals surface area contributed by atoms with Gasteiger partial charge in [0, 0.05) is 17.7 Å². The van der Waals surface area contributed by atoms with Gasteiger partial charge in [0.15, 0.2) is 12.1 Å². The van der Waals surface area contributed by atoms with Crippen LogP contribution in [0.1, 0.15) is 17.2 Å².